The summed E-state index contributed by atoms with van der Waals surface area (Å²) in [6.45, 7) is 0. The maximum absolute atomic E-state index is 11.1. The molecular weight excluding hydrogens is 226 g/mol. The van der Waals surface area contributed by atoms with Crippen molar-refractivity contribution in [1.29, 1.82) is 0 Å². The zero-order valence-electron chi connectivity index (χ0n) is 8.49. The van der Waals surface area contributed by atoms with E-state index < -0.39 is 16.7 Å². The average molecular weight is 233 g/mol. The molecule has 0 aliphatic rings. The molecule has 7 heteroatoms. The van der Waals surface area contributed by atoms with Crippen molar-refractivity contribution >= 4 is 11.8 Å². The van der Waals surface area contributed by atoms with Crippen LogP contribution in [0.15, 0.2) is 35.0 Å². The first kappa shape index (κ1) is 10.8. The quantitative estimate of drug-likeness (QED) is 0.635. The summed E-state index contributed by atoms with van der Waals surface area (Å²) in [7, 11) is 0. The lowest BCUT2D eigenvalue weighted by Gasteiger charge is -1.97. The summed E-state index contributed by atoms with van der Waals surface area (Å²) in [6, 6.07) is 4.36. The fourth-order valence-corrected chi connectivity index (χ4v) is 1.40. The molecule has 17 heavy (non-hydrogen) atoms. The van der Waals surface area contributed by atoms with Gasteiger partial charge in [-0.2, -0.15) is 0 Å². The number of amides is 1. The predicted molar refractivity (Wildman–Crippen MR) is 57.1 cm³/mol. The van der Waals surface area contributed by atoms with Gasteiger partial charge in [0.2, 0.25) is 5.76 Å². The highest BCUT2D eigenvalue weighted by molar-refractivity contribution is 5.97. The van der Waals surface area contributed by atoms with Crippen molar-refractivity contribution in [1.82, 2.24) is 4.98 Å². The molecule has 0 aliphatic carbocycles. The average Bonchev–Trinajstić information content (AvgIpc) is 2.75. The van der Waals surface area contributed by atoms with Crippen LogP contribution in [0, 0.1) is 10.1 Å². The van der Waals surface area contributed by atoms with E-state index in [2.05, 4.69) is 4.98 Å². The zero-order valence-corrected chi connectivity index (χ0v) is 8.49. The molecule has 0 fully saturated rings. The Bertz CT molecular complexity index is 576. The smallest absolute Gasteiger partial charge is 0.395 e. The summed E-state index contributed by atoms with van der Waals surface area (Å²) in [6.07, 6.45) is 3.00. The van der Waals surface area contributed by atoms with Gasteiger partial charge in [-0.1, -0.05) is 0 Å². The Balaban J connectivity index is 2.60. The number of carbonyl (C=O) groups is 1. The van der Waals surface area contributed by atoms with Crippen LogP contribution in [0.1, 0.15) is 10.6 Å². The highest BCUT2D eigenvalue weighted by Crippen LogP contribution is 2.30. The topological polar surface area (TPSA) is 112 Å². The van der Waals surface area contributed by atoms with Gasteiger partial charge in [0.25, 0.3) is 5.91 Å². The lowest BCUT2D eigenvalue weighted by molar-refractivity contribution is -0.402. The van der Waals surface area contributed by atoms with Gasteiger partial charge in [0.15, 0.2) is 0 Å². The maximum Gasteiger partial charge on any atom is 0.434 e. The summed E-state index contributed by atoms with van der Waals surface area (Å²) >= 11 is 0. The molecular formula is C10H7N3O4. The van der Waals surface area contributed by atoms with Gasteiger partial charge < -0.3 is 10.2 Å². The van der Waals surface area contributed by atoms with Gasteiger partial charge in [0, 0.05) is 18.0 Å². The van der Waals surface area contributed by atoms with Gasteiger partial charge in [0.1, 0.15) is 4.92 Å². The second kappa shape index (κ2) is 4.05. The van der Waals surface area contributed by atoms with Gasteiger partial charge in [-0.25, -0.2) is 0 Å². The van der Waals surface area contributed by atoms with E-state index in [1.165, 1.54) is 12.4 Å². The molecule has 0 unspecified atom stereocenters. The van der Waals surface area contributed by atoms with Crippen LogP contribution in [-0.2, 0) is 0 Å². The van der Waals surface area contributed by atoms with Crippen LogP contribution < -0.4 is 5.73 Å². The minimum absolute atomic E-state index is 0.233. The summed E-state index contributed by atoms with van der Waals surface area (Å²) in [5.74, 6) is -1.61. The van der Waals surface area contributed by atoms with Crippen molar-refractivity contribution < 1.29 is 14.1 Å². The molecule has 0 aromatic carbocycles. The van der Waals surface area contributed by atoms with E-state index in [1.807, 2.05) is 0 Å². The number of nitrogens with two attached hydrogens (primary N) is 1. The van der Waals surface area contributed by atoms with Crippen LogP contribution in [0.4, 0.5) is 5.88 Å². The fourth-order valence-electron chi connectivity index (χ4n) is 1.40. The number of pyridine rings is 1. The molecule has 0 spiro atoms. The summed E-state index contributed by atoms with van der Waals surface area (Å²) in [5, 5.41) is 10.6. The molecule has 1 amide bonds. The lowest BCUT2D eigenvalue weighted by Crippen LogP contribution is -2.10. The molecule has 0 saturated carbocycles. The Kier molecular flexibility index (Phi) is 2.57. The van der Waals surface area contributed by atoms with Crippen molar-refractivity contribution in [3.05, 3.63) is 46.5 Å². The minimum atomic E-state index is -0.857. The third kappa shape index (κ3) is 1.98. The number of primary amides is 1. The second-order valence-electron chi connectivity index (χ2n) is 3.18. The molecule has 2 heterocycles. The van der Waals surface area contributed by atoms with Crippen LogP contribution in [0.2, 0.25) is 0 Å². The number of furan rings is 1. The Morgan fingerprint density at radius 1 is 1.41 bits per heavy atom. The van der Waals surface area contributed by atoms with Gasteiger partial charge in [-0.05, 0) is 17.7 Å². The van der Waals surface area contributed by atoms with Gasteiger partial charge in [-0.3, -0.25) is 19.9 Å². The van der Waals surface area contributed by atoms with Gasteiger partial charge in [-0.15, -0.1) is 0 Å². The summed E-state index contributed by atoms with van der Waals surface area (Å²) in [5.41, 5.74) is 5.95. The third-order valence-corrected chi connectivity index (χ3v) is 2.11. The van der Waals surface area contributed by atoms with E-state index in [0.717, 1.165) is 6.07 Å². The first-order chi connectivity index (χ1) is 8.09. The van der Waals surface area contributed by atoms with Crippen LogP contribution >= 0.6 is 0 Å². The van der Waals surface area contributed by atoms with E-state index in [4.69, 9.17) is 10.2 Å². The van der Waals surface area contributed by atoms with E-state index in [9.17, 15) is 14.9 Å². The molecule has 2 rings (SSSR count). The van der Waals surface area contributed by atoms with E-state index in [-0.39, 0.29) is 11.3 Å². The lowest BCUT2D eigenvalue weighted by atomic mass is 10.1. The van der Waals surface area contributed by atoms with Crippen molar-refractivity contribution in [2.45, 2.75) is 0 Å². The molecule has 2 aromatic rings. The van der Waals surface area contributed by atoms with Crippen molar-refractivity contribution in [3.63, 3.8) is 0 Å². The number of aromatic nitrogens is 1. The Labute approximate surface area is 95.0 Å². The number of hydrogen-bond acceptors (Lipinski definition) is 5. The molecule has 86 valence electrons. The van der Waals surface area contributed by atoms with Crippen molar-refractivity contribution in [2.75, 3.05) is 0 Å². The predicted octanol–water partition coefficient (Wildman–Crippen LogP) is 1.35. The number of rotatable bonds is 3. The monoisotopic (exact) mass is 233 g/mol. The fraction of sp³-hybridized carbons (Fsp3) is 0. The number of hydrogen-bond donors (Lipinski definition) is 1. The Morgan fingerprint density at radius 3 is 2.59 bits per heavy atom. The van der Waals surface area contributed by atoms with Crippen molar-refractivity contribution in [3.8, 4) is 11.1 Å². The number of nitrogens with zero attached hydrogens (tertiary/aromatic N) is 2. The first-order valence-electron chi connectivity index (χ1n) is 4.58. The maximum atomic E-state index is 11.1. The molecule has 0 saturated heterocycles. The second-order valence-corrected chi connectivity index (χ2v) is 3.18. The molecule has 0 radical (unpaired) electrons. The highest BCUT2D eigenvalue weighted by Gasteiger charge is 2.23. The summed E-state index contributed by atoms with van der Waals surface area (Å²) in [4.78, 5) is 24.8. The van der Waals surface area contributed by atoms with Crippen LogP contribution in [0.25, 0.3) is 11.1 Å². The number of nitro groups is 1. The van der Waals surface area contributed by atoms with Gasteiger partial charge in [0.05, 0.1) is 6.07 Å². The molecule has 2 aromatic heterocycles. The van der Waals surface area contributed by atoms with E-state index in [0.29, 0.717) is 5.56 Å². The molecule has 0 bridgehead atoms. The highest BCUT2D eigenvalue weighted by atomic mass is 16.6. The molecule has 0 aliphatic heterocycles. The Morgan fingerprint density at radius 2 is 2.06 bits per heavy atom. The number of carbonyl (C=O) groups excluding carboxylic acids is 1. The first-order valence-corrected chi connectivity index (χ1v) is 4.58. The standard InChI is InChI=1S/C10H7N3O4/c11-10(14)9-7(5-8(17-9)13(15)16)6-1-3-12-4-2-6/h1-5H,(H2,11,14). The largest absolute Gasteiger partial charge is 0.434 e. The van der Waals surface area contributed by atoms with Gasteiger partial charge >= 0.3 is 5.88 Å². The van der Waals surface area contributed by atoms with Crippen LogP contribution in [-0.4, -0.2) is 15.8 Å². The third-order valence-electron chi connectivity index (χ3n) is 2.11. The zero-order chi connectivity index (χ0) is 12.4. The van der Waals surface area contributed by atoms with Crippen LogP contribution in [0.3, 0.4) is 0 Å². The Hall–Kier alpha value is -2.70. The SMILES string of the molecule is NC(=O)c1oc([N+](=O)[O-])cc1-c1ccncc1. The normalized spacial score (nSPS) is 10.1. The summed E-state index contributed by atoms with van der Waals surface area (Å²) < 4.78 is 4.80. The molecule has 7 nitrogen and oxygen atoms in total. The molecule has 0 atom stereocenters. The minimum Gasteiger partial charge on any atom is -0.395 e. The van der Waals surface area contributed by atoms with Crippen LogP contribution in [0.5, 0.6) is 0 Å². The van der Waals surface area contributed by atoms with E-state index >= 15 is 0 Å². The molecule has 2 N–H and O–H groups in total. The van der Waals surface area contributed by atoms with Crippen molar-refractivity contribution in [2.24, 2.45) is 5.73 Å². The van der Waals surface area contributed by atoms with E-state index in [1.54, 1.807) is 12.1 Å².